The summed E-state index contributed by atoms with van der Waals surface area (Å²) in [5.41, 5.74) is 0.928. The van der Waals surface area contributed by atoms with Gasteiger partial charge in [-0.05, 0) is 37.3 Å². The summed E-state index contributed by atoms with van der Waals surface area (Å²) in [4.78, 5) is -0.178. The third kappa shape index (κ3) is 6.17. The van der Waals surface area contributed by atoms with Crippen LogP contribution in [0.4, 0.5) is 0 Å². The summed E-state index contributed by atoms with van der Waals surface area (Å²) < 4.78 is 39.0. The van der Waals surface area contributed by atoms with E-state index in [0.717, 1.165) is 9.33 Å². The molecule has 0 spiro atoms. The Morgan fingerprint density at radius 1 is 0.913 bits per heavy atom. The lowest BCUT2D eigenvalue weighted by Gasteiger charge is -2.05. The minimum Gasteiger partial charge on any atom is -0.744 e. The number of hydrogen-bond donors (Lipinski definition) is 0. The monoisotopic (exact) mass is 442 g/mol. The Labute approximate surface area is 146 Å². The van der Waals surface area contributed by atoms with Crippen molar-refractivity contribution in [3.05, 3.63) is 85.9 Å². The zero-order chi connectivity index (χ0) is 16.7. The van der Waals surface area contributed by atoms with Crippen LogP contribution in [0.1, 0.15) is 5.56 Å². The molecule has 6 heteroatoms. The minimum absolute atomic E-state index is 0.100. The molecule has 0 bridgehead atoms. The van der Waals surface area contributed by atoms with Gasteiger partial charge in [-0.2, -0.15) is 0 Å². The minimum atomic E-state index is -4.27. The van der Waals surface area contributed by atoms with Gasteiger partial charge in [0.2, 0.25) is 0 Å². The van der Waals surface area contributed by atoms with E-state index in [2.05, 4.69) is 24.3 Å². The van der Waals surface area contributed by atoms with E-state index in [4.69, 9.17) is 4.42 Å². The van der Waals surface area contributed by atoms with E-state index in [-0.39, 0.29) is 26.1 Å². The molecule has 0 unspecified atom stereocenters. The van der Waals surface area contributed by atoms with Gasteiger partial charge in [-0.3, -0.25) is 0 Å². The molecule has 2 aromatic carbocycles. The third-order valence-electron chi connectivity index (χ3n) is 2.73. The smallest absolute Gasteiger partial charge is 0.400 e. The first-order valence-corrected chi connectivity index (χ1v) is 10.3. The lowest BCUT2D eigenvalue weighted by molar-refractivity contribution is -0.617. The van der Waals surface area contributed by atoms with Gasteiger partial charge < -0.3 is 8.97 Å². The summed E-state index contributed by atoms with van der Waals surface area (Å²) in [5, 5.41) is 0. The van der Waals surface area contributed by atoms with Crippen molar-refractivity contribution >= 4 is 10.1 Å². The zero-order valence-electron chi connectivity index (χ0n) is 12.3. The van der Waals surface area contributed by atoms with Gasteiger partial charge in [-0.1, -0.05) is 35.9 Å². The van der Waals surface area contributed by atoms with E-state index in [1.54, 1.807) is 18.4 Å². The molecular weight excluding hydrogens is 427 g/mol. The molecule has 1 heterocycles. The number of hydrogen-bond acceptors (Lipinski definition) is 4. The van der Waals surface area contributed by atoms with Crippen molar-refractivity contribution in [1.82, 2.24) is 0 Å². The van der Waals surface area contributed by atoms with Gasteiger partial charge in [0.15, 0.2) is 3.57 Å². The Balaban J connectivity index is 0.000000168. The van der Waals surface area contributed by atoms with E-state index in [1.807, 2.05) is 25.1 Å². The molecule has 0 radical (unpaired) electrons. The van der Waals surface area contributed by atoms with Gasteiger partial charge in [0.1, 0.15) is 10.1 Å². The molecule has 3 rings (SSSR count). The van der Waals surface area contributed by atoms with Gasteiger partial charge in [-0.15, -0.1) is 0 Å². The number of furan rings is 1. The van der Waals surface area contributed by atoms with Crippen LogP contribution in [0.5, 0.6) is 0 Å². The van der Waals surface area contributed by atoms with Crippen LogP contribution in [0.3, 0.4) is 0 Å². The SMILES string of the molecule is Cc1ccc(S(=O)(=O)[O-])cc1.c1ccc([I+]c2ccco2)cc1. The summed E-state index contributed by atoms with van der Waals surface area (Å²) in [5.74, 6) is 0. The first-order chi connectivity index (χ1) is 10.9. The fraction of sp³-hybridized carbons (Fsp3) is 0.0588. The summed E-state index contributed by atoms with van der Waals surface area (Å²) >= 11 is -0.100. The van der Waals surface area contributed by atoms with Gasteiger partial charge in [-0.25, -0.2) is 8.42 Å². The Morgan fingerprint density at radius 2 is 1.57 bits per heavy atom. The predicted octanol–water partition coefficient (Wildman–Crippen LogP) is 0.307. The maximum atomic E-state index is 10.4. The third-order valence-corrected chi connectivity index (χ3v) is 6.07. The van der Waals surface area contributed by atoms with Crippen molar-refractivity contribution in [1.29, 1.82) is 0 Å². The van der Waals surface area contributed by atoms with Crippen LogP contribution in [0.25, 0.3) is 0 Å². The van der Waals surface area contributed by atoms with Gasteiger partial charge in [0.25, 0.3) is 0 Å². The second kappa shape index (κ2) is 8.28. The van der Waals surface area contributed by atoms with Crippen molar-refractivity contribution < 1.29 is 38.6 Å². The Morgan fingerprint density at radius 3 is 2.09 bits per heavy atom. The summed E-state index contributed by atoms with van der Waals surface area (Å²) in [6, 6.07) is 20.2. The standard InChI is InChI=1S/C10H8IO.C7H8O3S/c1-2-5-9(6-3-1)11-10-7-4-8-12-10;1-6-2-4-7(5-3-6)11(8,9)10/h1-8H;2-5H,1H3,(H,8,9,10)/q+1;/p-1. The second-order valence-electron chi connectivity index (χ2n) is 4.57. The average Bonchev–Trinajstić information content (AvgIpc) is 3.01. The highest BCUT2D eigenvalue weighted by Crippen LogP contribution is 2.08. The maximum Gasteiger partial charge on any atom is 0.400 e. The van der Waals surface area contributed by atoms with Crippen LogP contribution in [-0.4, -0.2) is 13.0 Å². The molecule has 1 aromatic heterocycles. The summed E-state index contributed by atoms with van der Waals surface area (Å²) in [7, 11) is -4.27. The van der Waals surface area contributed by atoms with Crippen LogP contribution in [0.2, 0.25) is 0 Å². The lowest BCUT2D eigenvalue weighted by atomic mass is 10.2. The molecule has 23 heavy (non-hydrogen) atoms. The van der Waals surface area contributed by atoms with Crippen LogP contribution in [0.15, 0.2) is 82.3 Å². The quantitative estimate of drug-likeness (QED) is 0.433. The first kappa shape index (κ1) is 17.7. The molecule has 120 valence electrons. The van der Waals surface area contributed by atoms with Gasteiger partial charge >= 0.3 is 25.0 Å². The van der Waals surface area contributed by atoms with Gasteiger partial charge in [0.05, 0.1) is 11.2 Å². The fourth-order valence-electron chi connectivity index (χ4n) is 1.60. The first-order valence-electron chi connectivity index (χ1n) is 6.71. The van der Waals surface area contributed by atoms with Crippen molar-refractivity contribution in [2.45, 2.75) is 11.8 Å². The molecule has 0 atom stereocenters. The number of aryl methyl sites for hydroxylation is 1. The molecule has 3 aromatic rings. The van der Waals surface area contributed by atoms with Crippen LogP contribution in [0, 0.1) is 14.3 Å². The Kier molecular flexibility index (Phi) is 6.37. The Hall–Kier alpha value is -1.64. The highest BCUT2D eigenvalue weighted by atomic mass is 127. The van der Waals surface area contributed by atoms with Crippen LogP contribution >= 0.6 is 0 Å². The molecule has 0 N–H and O–H groups in total. The fourth-order valence-corrected chi connectivity index (χ4v) is 4.12. The molecule has 0 aliphatic rings. The highest BCUT2D eigenvalue weighted by Gasteiger charge is 2.17. The molecule has 0 amide bonds. The van der Waals surface area contributed by atoms with Crippen molar-refractivity contribution in [2.75, 3.05) is 0 Å². The van der Waals surface area contributed by atoms with Crippen LogP contribution < -0.4 is 21.2 Å². The molecule has 0 saturated heterocycles. The van der Waals surface area contributed by atoms with Crippen molar-refractivity contribution in [3.8, 4) is 0 Å². The topological polar surface area (TPSA) is 70.3 Å². The zero-order valence-corrected chi connectivity index (χ0v) is 15.3. The van der Waals surface area contributed by atoms with Crippen LogP contribution in [-0.2, 0) is 10.1 Å². The van der Waals surface area contributed by atoms with Gasteiger partial charge in [0, 0.05) is 6.07 Å². The van der Waals surface area contributed by atoms with Crippen molar-refractivity contribution in [2.24, 2.45) is 0 Å². The number of benzene rings is 2. The average molecular weight is 442 g/mol. The molecule has 4 nitrogen and oxygen atoms in total. The number of rotatable bonds is 3. The summed E-state index contributed by atoms with van der Waals surface area (Å²) in [6.07, 6.45) is 1.73. The molecule has 0 fully saturated rings. The largest absolute Gasteiger partial charge is 0.744 e. The van der Waals surface area contributed by atoms with E-state index < -0.39 is 10.1 Å². The molecule has 0 saturated carbocycles. The van der Waals surface area contributed by atoms with E-state index >= 15 is 0 Å². The van der Waals surface area contributed by atoms with Crippen molar-refractivity contribution in [3.63, 3.8) is 0 Å². The van der Waals surface area contributed by atoms with E-state index in [1.165, 1.54) is 15.7 Å². The lowest BCUT2D eigenvalue weighted by Crippen LogP contribution is -3.61. The number of halogens is 1. The predicted molar refractivity (Wildman–Crippen MR) is 81.7 cm³/mol. The maximum absolute atomic E-state index is 10.4. The van der Waals surface area contributed by atoms with E-state index in [0.29, 0.717) is 0 Å². The Bertz CT molecular complexity index is 811. The second-order valence-corrected chi connectivity index (χ2v) is 8.80. The molecule has 0 aliphatic carbocycles. The summed E-state index contributed by atoms with van der Waals surface area (Å²) in [6.45, 7) is 1.82. The highest BCUT2D eigenvalue weighted by molar-refractivity contribution is 7.85. The molecular formula is C17H15IO4S. The van der Waals surface area contributed by atoms with E-state index in [9.17, 15) is 13.0 Å². The normalized spacial score (nSPS) is 10.7. The molecule has 0 aliphatic heterocycles.